The summed E-state index contributed by atoms with van der Waals surface area (Å²) in [5.41, 5.74) is 9.89. The fourth-order valence-corrected chi connectivity index (χ4v) is 4.18. The van der Waals surface area contributed by atoms with Crippen LogP contribution in [0.2, 0.25) is 0 Å². The van der Waals surface area contributed by atoms with Crippen LogP contribution in [0.25, 0.3) is 33.6 Å². The van der Waals surface area contributed by atoms with Gasteiger partial charge in [-0.15, -0.1) is 0 Å². The van der Waals surface area contributed by atoms with Gasteiger partial charge in [0.1, 0.15) is 17.5 Å². The number of furan rings is 1. The Balaban J connectivity index is 1.72. The third-order valence-corrected chi connectivity index (χ3v) is 6.05. The molecule has 0 atom stereocenters. The number of aliphatic hydroxyl groups is 1. The van der Waals surface area contributed by atoms with E-state index in [2.05, 4.69) is 4.98 Å². The minimum absolute atomic E-state index is 0.138. The Kier molecular flexibility index (Phi) is 4.53. The van der Waals surface area contributed by atoms with Gasteiger partial charge >= 0.3 is 0 Å². The third kappa shape index (κ3) is 2.96. The van der Waals surface area contributed by atoms with Crippen LogP contribution in [-0.2, 0) is 12.1 Å². The van der Waals surface area contributed by atoms with E-state index in [4.69, 9.17) is 10.2 Å². The molecule has 2 heterocycles. The molecule has 5 rings (SSSR count). The van der Waals surface area contributed by atoms with E-state index in [1.54, 1.807) is 0 Å². The summed E-state index contributed by atoms with van der Waals surface area (Å²) >= 11 is 0. The highest BCUT2D eigenvalue weighted by Gasteiger charge is 2.34. The molecule has 1 aliphatic carbocycles. The van der Waals surface area contributed by atoms with E-state index in [0.29, 0.717) is 22.4 Å². The number of hydrogen-bond acceptors (Lipinski definition) is 5. The van der Waals surface area contributed by atoms with E-state index in [1.807, 2.05) is 54.6 Å². The summed E-state index contributed by atoms with van der Waals surface area (Å²) in [5, 5.41) is 9.70. The second-order valence-electron chi connectivity index (χ2n) is 7.91. The first-order valence-corrected chi connectivity index (χ1v) is 10.2. The normalized spacial score (nSPS) is 15.3. The average molecular weight is 401 g/mol. The summed E-state index contributed by atoms with van der Waals surface area (Å²) in [5.74, 6) is 0.605. The van der Waals surface area contributed by atoms with Crippen LogP contribution in [0.4, 0.5) is 0 Å². The van der Waals surface area contributed by atoms with E-state index >= 15 is 0 Å². The number of benzene rings is 2. The maximum atomic E-state index is 13.1. The van der Waals surface area contributed by atoms with Crippen LogP contribution in [0.15, 0.2) is 70.1 Å². The molecule has 30 heavy (non-hydrogen) atoms. The number of fused-ring (bicyclic) bond motifs is 1. The minimum Gasteiger partial charge on any atom is -0.437 e. The lowest BCUT2D eigenvalue weighted by Gasteiger charge is -2.38. The molecule has 1 saturated carbocycles. The van der Waals surface area contributed by atoms with Gasteiger partial charge in [-0.2, -0.15) is 0 Å². The zero-order chi connectivity index (χ0) is 20.7. The zero-order valence-electron chi connectivity index (χ0n) is 16.5. The van der Waals surface area contributed by atoms with E-state index in [0.717, 1.165) is 36.0 Å². The largest absolute Gasteiger partial charge is 0.437 e. The van der Waals surface area contributed by atoms with Crippen molar-refractivity contribution in [3.63, 3.8) is 0 Å². The molecule has 2 aromatic carbocycles. The number of hydrogen-bond donors (Lipinski definition) is 2. The maximum absolute atomic E-state index is 13.1. The van der Waals surface area contributed by atoms with Gasteiger partial charge in [0.05, 0.1) is 13.2 Å². The topological polar surface area (TPSA) is 94.3 Å². The van der Waals surface area contributed by atoms with E-state index in [9.17, 15) is 9.90 Å². The monoisotopic (exact) mass is 401 g/mol. The first-order valence-electron chi connectivity index (χ1n) is 10.2. The second kappa shape index (κ2) is 7.23. The van der Waals surface area contributed by atoms with Crippen molar-refractivity contribution in [3.8, 4) is 22.5 Å². The van der Waals surface area contributed by atoms with Crippen molar-refractivity contribution in [2.24, 2.45) is 5.73 Å². The fourth-order valence-electron chi connectivity index (χ4n) is 4.18. The lowest BCUT2D eigenvalue weighted by molar-refractivity contribution is 0.253. The van der Waals surface area contributed by atoms with Gasteiger partial charge in [-0.1, -0.05) is 54.6 Å². The number of nitrogens with zero attached hydrogens (tertiary/aromatic N) is 2. The lowest BCUT2D eigenvalue weighted by Crippen LogP contribution is -2.43. The second-order valence-corrected chi connectivity index (χ2v) is 7.91. The molecular weight excluding hydrogens is 378 g/mol. The summed E-state index contributed by atoms with van der Waals surface area (Å²) in [4.78, 5) is 17.5. The quantitative estimate of drug-likeness (QED) is 0.532. The van der Waals surface area contributed by atoms with Crippen molar-refractivity contribution in [3.05, 3.63) is 76.8 Å². The SMILES string of the molecule is NC1(c2ccc(-c3oc4ncn(CCO)c(=O)c4c3-c3ccccc3)cc2)CCC1. The van der Waals surface area contributed by atoms with Crippen molar-refractivity contribution >= 4 is 11.1 Å². The molecule has 2 aromatic heterocycles. The molecule has 3 N–H and O–H groups in total. The molecule has 0 aliphatic heterocycles. The van der Waals surface area contributed by atoms with Crippen LogP contribution in [0, 0.1) is 0 Å². The summed E-state index contributed by atoms with van der Waals surface area (Å²) in [6.45, 7) is 0.0462. The van der Waals surface area contributed by atoms with Crippen molar-refractivity contribution in [2.45, 2.75) is 31.3 Å². The van der Waals surface area contributed by atoms with Gasteiger partial charge in [-0.25, -0.2) is 4.98 Å². The van der Waals surface area contributed by atoms with Gasteiger partial charge in [0, 0.05) is 16.7 Å². The molecule has 0 radical (unpaired) electrons. The average Bonchev–Trinajstić information content (AvgIpc) is 3.15. The van der Waals surface area contributed by atoms with Crippen LogP contribution >= 0.6 is 0 Å². The fraction of sp³-hybridized carbons (Fsp3) is 0.250. The molecule has 0 saturated heterocycles. The van der Waals surface area contributed by atoms with Crippen LogP contribution < -0.4 is 11.3 Å². The molecule has 6 heteroatoms. The van der Waals surface area contributed by atoms with E-state index in [-0.39, 0.29) is 24.2 Å². The van der Waals surface area contributed by atoms with Gasteiger partial charge < -0.3 is 15.3 Å². The van der Waals surface area contributed by atoms with Crippen LogP contribution in [-0.4, -0.2) is 21.3 Å². The molecule has 6 nitrogen and oxygen atoms in total. The first kappa shape index (κ1) is 18.8. The van der Waals surface area contributed by atoms with Gasteiger partial charge in [-0.05, 0) is 30.4 Å². The van der Waals surface area contributed by atoms with Crippen molar-refractivity contribution in [1.29, 1.82) is 0 Å². The molecule has 0 bridgehead atoms. The number of nitrogens with two attached hydrogens (primary N) is 1. The Morgan fingerprint density at radius 1 is 1.07 bits per heavy atom. The Labute approximate surface area is 173 Å². The Hall–Kier alpha value is -3.22. The molecule has 0 spiro atoms. The van der Waals surface area contributed by atoms with Crippen molar-refractivity contribution in [2.75, 3.05) is 6.61 Å². The summed E-state index contributed by atoms with van der Waals surface area (Å²) in [7, 11) is 0. The van der Waals surface area contributed by atoms with Crippen molar-refractivity contribution in [1.82, 2.24) is 9.55 Å². The predicted molar refractivity (Wildman–Crippen MR) is 116 cm³/mol. The predicted octanol–water partition coefficient (Wildman–Crippen LogP) is 3.65. The van der Waals surface area contributed by atoms with Gasteiger partial charge in [0.25, 0.3) is 5.56 Å². The molecule has 0 amide bonds. The number of rotatable bonds is 5. The Morgan fingerprint density at radius 2 is 1.80 bits per heavy atom. The van der Waals surface area contributed by atoms with Crippen molar-refractivity contribution < 1.29 is 9.52 Å². The maximum Gasteiger partial charge on any atom is 0.265 e. The Bertz CT molecular complexity index is 1250. The highest BCUT2D eigenvalue weighted by Crippen LogP contribution is 2.41. The molecule has 152 valence electrons. The van der Waals surface area contributed by atoms with Crippen LogP contribution in [0.1, 0.15) is 24.8 Å². The minimum atomic E-state index is -0.228. The third-order valence-electron chi connectivity index (χ3n) is 6.05. The summed E-state index contributed by atoms with van der Waals surface area (Å²) < 4.78 is 7.51. The first-order chi connectivity index (χ1) is 14.6. The van der Waals surface area contributed by atoms with Gasteiger partial charge in [-0.3, -0.25) is 9.36 Å². The van der Waals surface area contributed by atoms with Gasteiger partial charge in [0.2, 0.25) is 5.71 Å². The Morgan fingerprint density at radius 3 is 2.43 bits per heavy atom. The molecule has 1 fully saturated rings. The number of aromatic nitrogens is 2. The molecule has 1 aliphatic rings. The number of aliphatic hydroxyl groups excluding tert-OH is 1. The zero-order valence-corrected chi connectivity index (χ0v) is 16.5. The van der Waals surface area contributed by atoms with Crippen LogP contribution in [0.5, 0.6) is 0 Å². The van der Waals surface area contributed by atoms with Crippen LogP contribution in [0.3, 0.4) is 0 Å². The molecular formula is C24H23N3O3. The van der Waals surface area contributed by atoms with E-state index in [1.165, 1.54) is 10.9 Å². The summed E-state index contributed by atoms with van der Waals surface area (Å²) in [6.07, 6.45) is 4.58. The molecule has 4 aromatic rings. The standard InChI is InChI=1S/C24H23N3O3/c25-24(11-4-12-24)18-9-7-17(8-10-18)21-19(16-5-2-1-3-6-16)20-22(30-21)26-15-27(13-14-28)23(20)29/h1-3,5-10,15,28H,4,11-14,25H2. The van der Waals surface area contributed by atoms with Gasteiger partial charge in [0.15, 0.2) is 0 Å². The molecule has 0 unspecified atom stereocenters. The smallest absolute Gasteiger partial charge is 0.265 e. The van der Waals surface area contributed by atoms with E-state index < -0.39 is 0 Å². The lowest BCUT2D eigenvalue weighted by atomic mass is 9.72. The summed E-state index contributed by atoms with van der Waals surface area (Å²) in [6, 6.07) is 17.8. The highest BCUT2D eigenvalue weighted by molar-refractivity contribution is 5.99. The highest BCUT2D eigenvalue weighted by atomic mass is 16.3.